The van der Waals surface area contributed by atoms with Crippen molar-refractivity contribution in [2.45, 2.75) is 24.7 Å². The quantitative estimate of drug-likeness (QED) is 0.113. The molecule has 1 aliphatic heterocycles. The lowest BCUT2D eigenvalue weighted by molar-refractivity contribution is 0.556. The molecule has 0 radical (unpaired) electrons. The van der Waals surface area contributed by atoms with E-state index in [-0.39, 0.29) is 5.41 Å². The van der Waals surface area contributed by atoms with Gasteiger partial charge in [-0.15, -0.1) is 0 Å². The Morgan fingerprint density at radius 2 is 1.12 bits per heavy atom. The Kier molecular flexibility index (Phi) is 6.59. The molecule has 1 unspecified atom stereocenters. The van der Waals surface area contributed by atoms with Gasteiger partial charge in [0.2, 0.25) is 0 Å². The number of allylic oxidation sites excluding steroid dienone is 1. The highest BCUT2D eigenvalue weighted by molar-refractivity contribution is 6.14. The fourth-order valence-corrected chi connectivity index (χ4v) is 9.39. The predicted molar refractivity (Wildman–Crippen MR) is 215 cm³/mol. The molecule has 1 aromatic heterocycles. The summed E-state index contributed by atoms with van der Waals surface area (Å²) in [5.74, 6) is 6.13. The molecule has 0 saturated heterocycles. The molecular weight excluding hydrogens is 631 g/mol. The number of hydrogen-bond donors (Lipinski definition) is 1. The zero-order valence-electron chi connectivity index (χ0n) is 29.2. The smallest absolute Gasteiger partial charge is 0.0905 e. The van der Waals surface area contributed by atoms with Gasteiger partial charge in [-0.25, -0.2) is 0 Å². The van der Waals surface area contributed by atoms with Crippen molar-refractivity contribution in [2.75, 3.05) is 0 Å². The van der Waals surface area contributed by atoms with Crippen molar-refractivity contribution in [2.24, 2.45) is 10.9 Å². The maximum atomic E-state index is 6.13. The van der Waals surface area contributed by atoms with Gasteiger partial charge >= 0.3 is 0 Å². The normalized spacial score (nSPS) is 17.2. The van der Waals surface area contributed by atoms with Crippen LogP contribution in [0.25, 0.3) is 33.1 Å². The second-order valence-electron chi connectivity index (χ2n) is 14.6. The zero-order chi connectivity index (χ0) is 35.0. The number of aromatic nitrogens is 1. The molecule has 1 atom stereocenters. The first kappa shape index (κ1) is 30.4. The number of hydrogen-bond acceptors (Lipinski definition) is 2. The number of hydrazone groups is 1. The van der Waals surface area contributed by atoms with Crippen molar-refractivity contribution < 1.29 is 0 Å². The Hall–Kier alpha value is -6.45. The summed E-state index contributed by atoms with van der Waals surface area (Å²) in [6.07, 6.45) is 2.15. The van der Waals surface area contributed by atoms with Crippen LogP contribution in [-0.4, -0.2) is 10.3 Å². The summed E-state index contributed by atoms with van der Waals surface area (Å²) in [4.78, 5) is 0. The summed E-state index contributed by atoms with van der Waals surface area (Å²) in [6.45, 7) is 4.76. The first-order chi connectivity index (χ1) is 25.5. The maximum Gasteiger partial charge on any atom is 0.0905 e. The van der Waals surface area contributed by atoms with Gasteiger partial charge < -0.3 is 10.4 Å². The average Bonchev–Trinajstić information content (AvgIpc) is 3.54. The first-order valence-electron chi connectivity index (χ1n) is 18.0. The Labute approximate surface area is 304 Å². The molecule has 0 saturated carbocycles. The van der Waals surface area contributed by atoms with E-state index >= 15 is 0 Å². The standard InChI is InChI=1S/C49H37N3/c1-48(2)38-22-10-11-23-40(38)49(41-24-12-14-27-46(41)52-45-26-13-9-20-35(45)36-21-15-25-42(49)47(36)52)43-30-34(28-29-39(43)48)37(32-16-5-3-6-17-32)31-44(51-50)33-18-7-4-8-19-33/h3-31H,50H2,1-2H3/b37-31+,51-44+. The van der Waals surface area contributed by atoms with E-state index in [0.717, 1.165) is 28.0 Å². The molecule has 3 heteroatoms. The van der Waals surface area contributed by atoms with Crippen LogP contribution in [0.2, 0.25) is 0 Å². The lowest BCUT2D eigenvalue weighted by Crippen LogP contribution is -2.44. The summed E-state index contributed by atoms with van der Waals surface area (Å²) in [7, 11) is 0. The molecular formula is C49H37N3. The highest BCUT2D eigenvalue weighted by Crippen LogP contribution is 2.60. The Balaban J connectivity index is 1.35. The van der Waals surface area contributed by atoms with Gasteiger partial charge in [-0.1, -0.05) is 166 Å². The molecule has 1 spiro atoms. The van der Waals surface area contributed by atoms with Gasteiger partial charge in [-0.2, -0.15) is 5.10 Å². The van der Waals surface area contributed by atoms with Gasteiger partial charge in [-0.3, -0.25) is 0 Å². The van der Waals surface area contributed by atoms with Crippen LogP contribution < -0.4 is 5.84 Å². The minimum Gasteiger partial charge on any atom is -0.323 e. The predicted octanol–water partition coefficient (Wildman–Crippen LogP) is 10.9. The van der Waals surface area contributed by atoms with Crippen LogP contribution in [0.3, 0.4) is 0 Å². The third-order valence-corrected chi connectivity index (χ3v) is 11.6. The van der Waals surface area contributed by atoms with Crippen LogP contribution in [0.4, 0.5) is 0 Å². The van der Waals surface area contributed by atoms with Crippen LogP contribution in [0, 0.1) is 0 Å². The van der Waals surface area contributed by atoms with Gasteiger partial charge in [0.15, 0.2) is 0 Å². The van der Waals surface area contributed by atoms with Crippen LogP contribution in [0.1, 0.15) is 63.9 Å². The molecule has 0 bridgehead atoms. The van der Waals surface area contributed by atoms with E-state index < -0.39 is 5.41 Å². The van der Waals surface area contributed by atoms with Gasteiger partial charge in [-0.05, 0) is 74.4 Å². The second-order valence-corrected chi connectivity index (χ2v) is 14.6. The van der Waals surface area contributed by atoms with Crippen molar-refractivity contribution in [3.05, 3.63) is 226 Å². The molecule has 8 aromatic rings. The zero-order valence-corrected chi connectivity index (χ0v) is 29.2. The summed E-state index contributed by atoms with van der Waals surface area (Å²) >= 11 is 0. The van der Waals surface area contributed by atoms with Gasteiger partial charge in [0, 0.05) is 21.8 Å². The molecule has 52 heavy (non-hydrogen) atoms. The van der Waals surface area contributed by atoms with E-state index in [4.69, 9.17) is 5.84 Å². The number of benzene rings is 7. The van der Waals surface area contributed by atoms with E-state index in [1.807, 2.05) is 18.2 Å². The molecule has 7 aromatic carbocycles. The van der Waals surface area contributed by atoms with Crippen molar-refractivity contribution >= 4 is 33.1 Å². The second kappa shape index (κ2) is 11.3. The first-order valence-corrected chi connectivity index (χ1v) is 18.0. The van der Waals surface area contributed by atoms with E-state index in [1.54, 1.807) is 0 Å². The van der Waals surface area contributed by atoms with Gasteiger partial charge in [0.05, 0.1) is 27.8 Å². The molecule has 2 N–H and O–H groups in total. The molecule has 10 rings (SSSR count). The minimum atomic E-state index is -0.579. The van der Waals surface area contributed by atoms with Crippen LogP contribution >= 0.6 is 0 Å². The number of fused-ring (bicyclic) bond motifs is 11. The van der Waals surface area contributed by atoms with E-state index in [0.29, 0.717) is 0 Å². The largest absolute Gasteiger partial charge is 0.323 e. The van der Waals surface area contributed by atoms with Crippen LogP contribution in [0.15, 0.2) is 181 Å². The van der Waals surface area contributed by atoms with Crippen LogP contribution in [-0.2, 0) is 10.8 Å². The fraction of sp³-hybridized carbons (Fsp3) is 0.0816. The summed E-state index contributed by atoms with van der Waals surface area (Å²) in [5, 5.41) is 6.86. The number of para-hydroxylation sites is 3. The van der Waals surface area contributed by atoms with Crippen molar-refractivity contribution in [3.8, 4) is 5.69 Å². The summed E-state index contributed by atoms with van der Waals surface area (Å²) in [5.41, 5.74) is 15.8. The lowest BCUT2D eigenvalue weighted by Gasteiger charge is -2.50. The molecule has 0 amide bonds. The summed E-state index contributed by atoms with van der Waals surface area (Å²) < 4.78 is 2.51. The van der Waals surface area contributed by atoms with Crippen molar-refractivity contribution in [3.63, 3.8) is 0 Å². The van der Waals surface area contributed by atoms with E-state index in [9.17, 15) is 0 Å². The third-order valence-electron chi connectivity index (χ3n) is 11.6. The fourth-order valence-electron chi connectivity index (χ4n) is 9.39. The minimum absolute atomic E-state index is 0.243. The molecule has 3 nitrogen and oxygen atoms in total. The molecule has 1 aliphatic carbocycles. The molecule has 0 fully saturated rings. The SMILES string of the molecule is CC1(C)c2ccccc2C2(c3ccccc3-n3c4ccccc4c4cccc2c43)c2cc(/C(=C/C(=N\N)c3ccccc3)c3ccccc3)ccc21. The molecule has 2 heterocycles. The number of nitrogens with zero attached hydrogens (tertiary/aromatic N) is 2. The number of rotatable bonds is 4. The monoisotopic (exact) mass is 667 g/mol. The highest BCUT2D eigenvalue weighted by Gasteiger charge is 2.52. The van der Waals surface area contributed by atoms with E-state index in [1.165, 1.54) is 60.9 Å². The Bertz CT molecular complexity index is 2770. The topological polar surface area (TPSA) is 43.3 Å². The summed E-state index contributed by atoms with van der Waals surface area (Å²) in [6, 6.07) is 61.9. The average molecular weight is 668 g/mol. The molecule has 2 aliphatic rings. The maximum absolute atomic E-state index is 6.13. The van der Waals surface area contributed by atoms with Crippen molar-refractivity contribution in [1.29, 1.82) is 0 Å². The van der Waals surface area contributed by atoms with Crippen molar-refractivity contribution in [1.82, 2.24) is 4.57 Å². The van der Waals surface area contributed by atoms with Crippen LogP contribution in [0.5, 0.6) is 0 Å². The number of nitrogens with two attached hydrogens (primary N) is 1. The third kappa shape index (κ3) is 4.05. The van der Waals surface area contributed by atoms with Gasteiger partial charge in [0.25, 0.3) is 0 Å². The molecule has 248 valence electrons. The Morgan fingerprint density at radius 3 is 1.88 bits per heavy atom. The lowest BCUT2D eigenvalue weighted by atomic mass is 9.53. The highest BCUT2D eigenvalue weighted by atomic mass is 15.1. The Morgan fingerprint density at radius 1 is 0.519 bits per heavy atom. The van der Waals surface area contributed by atoms with E-state index in [2.05, 4.69) is 181 Å². The van der Waals surface area contributed by atoms with Gasteiger partial charge in [0.1, 0.15) is 0 Å².